The van der Waals surface area contributed by atoms with E-state index < -0.39 is 0 Å². The minimum Gasteiger partial charge on any atom is -0.352 e. The number of amides is 1. The van der Waals surface area contributed by atoms with Crippen LogP contribution in [-0.2, 0) is 19.4 Å². The number of carbonyl (C=O) groups is 1. The van der Waals surface area contributed by atoms with Crippen LogP contribution >= 0.6 is 0 Å². The van der Waals surface area contributed by atoms with Crippen LogP contribution in [0.5, 0.6) is 0 Å². The molecule has 1 aliphatic rings. The van der Waals surface area contributed by atoms with E-state index in [1.165, 1.54) is 23.3 Å². The van der Waals surface area contributed by atoms with E-state index in [0.29, 0.717) is 18.5 Å². The molecule has 1 amide bonds. The first-order chi connectivity index (χ1) is 13.7. The Bertz CT molecular complexity index is 954. The summed E-state index contributed by atoms with van der Waals surface area (Å²) in [6.45, 7) is 2.26. The first kappa shape index (κ1) is 18.2. The summed E-state index contributed by atoms with van der Waals surface area (Å²) in [6, 6.07) is 18.5. The lowest BCUT2D eigenvalue weighted by Crippen LogP contribution is -2.31. The van der Waals surface area contributed by atoms with Gasteiger partial charge in [-0.25, -0.2) is 9.37 Å². The Morgan fingerprint density at radius 2 is 1.82 bits per heavy atom. The van der Waals surface area contributed by atoms with Crippen molar-refractivity contribution in [2.45, 2.75) is 19.4 Å². The summed E-state index contributed by atoms with van der Waals surface area (Å²) in [5.41, 5.74) is 4.26. The Kier molecular flexibility index (Phi) is 5.33. The number of hydrogen-bond donors (Lipinski definition) is 1. The summed E-state index contributed by atoms with van der Waals surface area (Å²) >= 11 is 0. The standard InChI is InChI=1S/C23H22FN3O/c24-21-8-5-17(6-9-21)11-13-25-23(28)19-7-10-22(26-15-19)27-14-12-18-3-1-2-4-20(18)16-27/h1-10,15H,11-14,16H2,(H,25,28). The first-order valence-corrected chi connectivity index (χ1v) is 9.49. The Labute approximate surface area is 164 Å². The number of aromatic nitrogens is 1. The summed E-state index contributed by atoms with van der Waals surface area (Å²) < 4.78 is 12.9. The van der Waals surface area contributed by atoms with Gasteiger partial charge in [0.2, 0.25) is 0 Å². The van der Waals surface area contributed by atoms with E-state index in [1.807, 2.05) is 12.1 Å². The molecular formula is C23H22FN3O. The molecule has 0 radical (unpaired) electrons. The molecule has 0 spiro atoms. The summed E-state index contributed by atoms with van der Waals surface area (Å²) in [6.07, 6.45) is 3.29. The maximum atomic E-state index is 12.9. The highest BCUT2D eigenvalue weighted by Crippen LogP contribution is 2.22. The fraction of sp³-hybridized carbons (Fsp3) is 0.217. The second-order valence-corrected chi connectivity index (χ2v) is 6.98. The van der Waals surface area contributed by atoms with Gasteiger partial charge in [0.1, 0.15) is 11.6 Å². The molecule has 142 valence electrons. The number of benzene rings is 2. The largest absolute Gasteiger partial charge is 0.352 e. The van der Waals surface area contributed by atoms with Crippen molar-refractivity contribution in [1.82, 2.24) is 10.3 Å². The van der Waals surface area contributed by atoms with Crippen molar-refractivity contribution in [3.63, 3.8) is 0 Å². The maximum absolute atomic E-state index is 12.9. The molecular weight excluding hydrogens is 353 g/mol. The normalized spacial score (nSPS) is 13.1. The van der Waals surface area contributed by atoms with Gasteiger partial charge in [-0.1, -0.05) is 36.4 Å². The van der Waals surface area contributed by atoms with Crippen LogP contribution in [0.1, 0.15) is 27.0 Å². The van der Waals surface area contributed by atoms with Crippen LogP contribution in [0.2, 0.25) is 0 Å². The minimum absolute atomic E-state index is 0.148. The third-order valence-electron chi connectivity index (χ3n) is 5.08. The predicted octanol–water partition coefficient (Wildman–Crippen LogP) is 3.76. The van der Waals surface area contributed by atoms with Crippen LogP contribution < -0.4 is 10.2 Å². The molecule has 28 heavy (non-hydrogen) atoms. The van der Waals surface area contributed by atoms with Crippen LogP contribution in [0.4, 0.5) is 10.2 Å². The zero-order chi connectivity index (χ0) is 19.3. The number of nitrogens with one attached hydrogen (secondary N) is 1. The van der Waals surface area contributed by atoms with Gasteiger partial charge in [-0.3, -0.25) is 4.79 Å². The second-order valence-electron chi connectivity index (χ2n) is 6.98. The van der Waals surface area contributed by atoms with Crippen LogP contribution in [0.25, 0.3) is 0 Å². The molecule has 4 nitrogen and oxygen atoms in total. The van der Waals surface area contributed by atoms with E-state index >= 15 is 0 Å². The summed E-state index contributed by atoms with van der Waals surface area (Å²) in [5.74, 6) is 0.485. The van der Waals surface area contributed by atoms with E-state index in [0.717, 1.165) is 30.9 Å². The van der Waals surface area contributed by atoms with Crippen LogP contribution in [0, 0.1) is 5.82 Å². The highest BCUT2D eigenvalue weighted by Gasteiger charge is 2.17. The molecule has 0 saturated carbocycles. The zero-order valence-corrected chi connectivity index (χ0v) is 15.6. The van der Waals surface area contributed by atoms with Crippen molar-refractivity contribution < 1.29 is 9.18 Å². The average molecular weight is 375 g/mol. The predicted molar refractivity (Wildman–Crippen MR) is 108 cm³/mol. The van der Waals surface area contributed by atoms with E-state index in [1.54, 1.807) is 18.3 Å². The van der Waals surface area contributed by atoms with Gasteiger partial charge in [0.15, 0.2) is 0 Å². The molecule has 2 aromatic carbocycles. The van der Waals surface area contributed by atoms with E-state index in [9.17, 15) is 9.18 Å². The molecule has 5 heteroatoms. The number of nitrogens with zero attached hydrogens (tertiary/aromatic N) is 2. The summed E-state index contributed by atoms with van der Waals surface area (Å²) in [4.78, 5) is 19.0. The lowest BCUT2D eigenvalue weighted by atomic mass is 10.00. The molecule has 1 N–H and O–H groups in total. The molecule has 3 aromatic rings. The van der Waals surface area contributed by atoms with Crippen LogP contribution in [-0.4, -0.2) is 24.0 Å². The maximum Gasteiger partial charge on any atom is 0.252 e. The number of halogens is 1. The van der Waals surface area contributed by atoms with Gasteiger partial charge >= 0.3 is 0 Å². The van der Waals surface area contributed by atoms with Crippen LogP contribution in [0.3, 0.4) is 0 Å². The average Bonchev–Trinajstić information content (AvgIpc) is 2.75. The van der Waals surface area contributed by atoms with Crippen molar-refractivity contribution in [2.75, 3.05) is 18.0 Å². The summed E-state index contributed by atoms with van der Waals surface area (Å²) in [7, 11) is 0. The first-order valence-electron chi connectivity index (χ1n) is 9.49. The molecule has 0 unspecified atom stereocenters. The molecule has 4 rings (SSSR count). The molecule has 0 fully saturated rings. The molecule has 1 aromatic heterocycles. The van der Waals surface area contributed by atoms with Gasteiger partial charge in [-0.15, -0.1) is 0 Å². The van der Waals surface area contributed by atoms with Gasteiger partial charge in [0, 0.05) is 25.8 Å². The molecule has 0 atom stereocenters. The van der Waals surface area contributed by atoms with Gasteiger partial charge in [-0.2, -0.15) is 0 Å². The Balaban J connectivity index is 1.33. The van der Waals surface area contributed by atoms with E-state index in [-0.39, 0.29) is 11.7 Å². The molecule has 1 aliphatic heterocycles. The lowest BCUT2D eigenvalue weighted by Gasteiger charge is -2.29. The van der Waals surface area contributed by atoms with Gasteiger partial charge in [0.05, 0.1) is 5.56 Å². The molecule has 0 aliphatic carbocycles. The van der Waals surface area contributed by atoms with E-state index in [2.05, 4.69) is 39.5 Å². The highest BCUT2D eigenvalue weighted by molar-refractivity contribution is 5.94. The van der Waals surface area contributed by atoms with Crippen molar-refractivity contribution in [1.29, 1.82) is 0 Å². The van der Waals surface area contributed by atoms with Gasteiger partial charge < -0.3 is 10.2 Å². The number of anilines is 1. The fourth-order valence-corrected chi connectivity index (χ4v) is 3.47. The molecule has 2 heterocycles. The van der Waals surface area contributed by atoms with Crippen molar-refractivity contribution in [3.8, 4) is 0 Å². The fourth-order valence-electron chi connectivity index (χ4n) is 3.47. The van der Waals surface area contributed by atoms with Crippen molar-refractivity contribution >= 4 is 11.7 Å². The SMILES string of the molecule is O=C(NCCc1ccc(F)cc1)c1ccc(N2CCc3ccccc3C2)nc1. The van der Waals surface area contributed by atoms with Gasteiger partial charge in [-0.05, 0) is 53.8 Å². The van der Waals surface area contributed by atoms with E-state index in [4.69, 9.17) is 0 Å². The second kappa shape index (κ2) is 8.21. The zero-order valence-electron chi connectivity index (χ0n) is 15.6. The number of hydrogen-bond acceptors (Lipinski definition) is 3. The monoisotopic (exact) mass is 375 g/mol. The third kappa shape index (κ3) is 4.19. The minimum atomic E-state index is -0.254. The summed E-state index contributed by atoms with van der Waals surface area (Å²) in [5, 5.41) is 2.89. The molecule has 0 saturated heterocycles. The number of carbonyl (C=O) groups excluding carboxylic acids is 1. The Hall–Kier alpha value is -3.21. The van der Waals surface area contributed by atoms with Crippen molar-refractivity contribution in [3.05, 3.63) is 94.9 Å². The Morgan fingerprint density at radius 1 is 1.04 bits per heavy atom. The molecule has 0 bridgehead atoms. The number of rotatable bonds is 5. The quantitative estimate of drug-likeness (QED) is 0.739. The number of pyridine rings is 1. The topological polar surface area (TPSA) is 45.2 Å². The highest BCUT2D eigenvalue weighted by atomic mass is 19.1. The number of fused-ring (bicyclic) bond motifs is 1. The third-order valence-corrected chi connectivity index (χ3v) is 5.08. The van der Waals surface area contributed by atoms with Gasteiger partial charge in [0.25, 0.3) is 5.91 Å². The van der Waals surface area contributed by atoms with Crippen molar-refractivity contribution in [2.24, 2.45) is 0 Å². The van der Waals surface area contributed by atoms with Crippen LogP contribution in [0.15, 0.2) is 66.9 Å². The smallest absolute Gasteiger partial charge is 0.252 e. The Morgan fingerprint density at radius 3 is 2.57 bits per heavy atom. The lowest BCUT2D eigenvalue weighted by molar-refractivity contribution is 0.0954.